The molecule has 4 fully saturated rings. The quantitative estimate of drug-likeness (QED) is 0.164. The van der Waals surface area contributed by atoms with Crippen LogP contribution in [0.25, 0.3) is 104 Å². The summed E-state index contributed by atoms with van der Waals surface area (Å²) in [6.45, 7) is 0. The maximum atomic E-state index is 14.7. The summed E-state index contributed by atoms with van der Waals surface area (Å²) in [4.78, 5) is 58.6. The van der Waals surface area contributed by atoms with Crippen LogP contribution in [0.4, 0.5) is 0 Å². The third kappa shape index (κ3) is 4.93. The summed E-state index contributed by atoms with van der Waals surface area (Å²) in [5.41, 5.74) is 18.5. The smallest absolute Gasteiger partial charge is 0.166 e. The fourth-order valence-electron chi connectivity index (χ4n) is 19.0. The maximum absolute atomic E-state index is 14.7. The summed E-state index contributed by atoms with van der Waals surface area (Å²) in [7, 11) is 0. The van der Waals surface area contributed by atoms with Crippen LogP contribution in [0.3, 0.4) is 0 Å². The maximum Gasteiger partial charge on any atom is 0.166 e. The molecule has 5 aromatic heterocycles. The summed E-state index contributed by atoms with van der Waals surface area (Å²) in [6.07, 6.45) is 16.0. The van der Waals surface area contributed by atoms with Crippen LogP contribution in [0.2, 0.25) is 0 Å². The van der Waals surface area contributed by atoms with E-state index in [-0.39, 0.29) is 23.7 Å². The van der Waals surface area contributed by atoms with Gasteiger partial charge in [0.25, 0.3) is 0 Å². The van der Waals surface area contributed by atoms with E-state index in [9.17, 15) is 19.2 Å². The van der Waals surface area contributed by atoms with Crippen molar-refractivity contribution in [2.24, 2.45) is 23.7 Å². The Morgan fingerprint density at radius 2 is 0.571 bits per heavy atom. The van der Waals surface area contributed by atoms with Gasteiger partial charge in [-0.2, -0.15) is 0 Å². The number of para-hydroxylation sites is 1. The van der Waals surface area contributed by atoms with Crippen LogP contribution >= 0.6 is 0 Å². The molecule has 0 spiro atoms. The zero-order valence-corrected chi connectivity index (χ0v) is 43.1. The number of benzene rings is 7. The number of rotatable bonds is 1. The Hall–Kier alpha value is -7.38. The van der Waals surface area contributed by atoms with Crippen molar-refractivity contribution in [2.75, 3.05) is 0 Å². The fourth-order valence-corrected chi connectivity index (χ4v) is 19.0. The number of Topliss-reactive ketones (excluding diaryl/α,β-unsaturated/α-hetero) is 4. The molecule has 0 amide bonds. The van der Waals surface area contributed by atoms with Gasteiger partial charge in [0.05, 0.1) is 44.1 Å². The lowest BCUT2D eigenvalue weighted by atomic mass is 9.82. The van der Waals surface area contributed by atoms with Gasteiger partial charge in [-0.15, -0.1) is 0 Å². The zero-order valence-electron chi connectivity index (χ0n) is 43.1. The van der Waals surface area contributed by atoms with Gasteiger partial charge in [0, 0.05) is 105 Å². The number of hydrogen-bond acceptors (Lipinski definition) is 4. The van der Waals surface area contributed by atoms with E-state index in [4.69, 9.17) is 0 Å². The predicted octanol–water partition coefficient (Wildman–Crippen LogP) is 17.0. The summed E-state index contributed by atoms with van der Waals surface area (Å²) in [5.74, 6) is 2.96. The highest BCUT2D eigenvalue weighted by molar-refractivity contribution is 6.40. The Kier molecular flexibility index (Phi) is 7.60. The lowest BCUT2D eigenvalue weighted by Crippen LogP contribution is -2.15. The van der Waals surface area contributed by atoms with E-state index in [2.05, 4.69) is 104 Å². The molecule has 8 bridgehead atoms. The number of ketones is 4. The molecule has 12 aliphatic rings. The molecule has 77 heavy (non-hydrogen) atoms. The SMILES string of the molecule is O=C1c2cc3c(cc2C2CCC1CC2)c1cc2c4cc5c6cc7c(cc6n6c8cc9c(cc8c(c4n(-c4ccccc4)c2c2c4cc8c(cc4n3c12)C(=O)C1CCC8CC1)c56)C1CCC(CC1)C9=O)C(=O)C1CCC7CC1. The second-order valence-electron chi connectivity index (χ2n) is 25.9. The number of hydrogen-bond donors (Lipinski definition) is 0. The molecule has 0 aliphatic heterocycles. The van der Waals surface area contributed by atoms with Crippen molar-refractivity contribution in [1.29, 1.82) is 0 Å². The summed E-state index contributed by atoms with van der Waals surface area (Å²) >= 11 is 0. The van der Waals surface area contributed by atoms with Crippen LogP contribution in [0.5, 0.6) is 0 Å². The number of carbonyl (C=O) groups excluding carboxylic acids is 4. The van der Waals surface area contributed by atoms with Gasteiger partial charge in [0.1, 0.15) is 0 Å². The van der Waals surface area contributed by atoms with E-state index < -0.39 is 0 Å². The lowest BCUT2D eigenvalue weighted by Gasteiger charge is -2.22. The van der Waals surface area contributed by atoms with E-state index in [1.165, 1.54) is 76.1 Å². The summed E-state index contributed by atoms with van der Waals surface area (Å²) in [6, 6.07) is 34.8. The molecule has 0 atom stereocenters. The van der Waals surface area contributed by atoms with Gasteiger partial charge in [-0.1, -0.05) is 18.2 Å². The summed E-state index contributed by atoms with van der Waals surface area (Å²) < 4.78 is 7.52. The number of aromatic nitrogens is 3. The number of fused-ring (bicyclic) bond motifs is 25. The van der Waals surface area contributed by atoms with Gasteiger partial charge in [-0.25, -0.2) is 0 Å². The molecular formula is C70H55N3O4. The van der Waals surface area contributed by atoms with Crippen LogP contribution < -0.4 is 0 Å². The van der Waals surface area contributed by atoms with Crippen LogP contribution in [0, 0.1) is 23.7 Å². The summed E-state index contributed by atoms with van der Waals surface area (Å²) in [5, 5.41) is 11.9. The van der Waals surface area contributed by atoms with Gasteiger partial charge in [-0.05, 0) is 221 Å². The average Bonchev–Trinajstić information content (AvgIpc) is 3.20. The van der Waals surface area contributed by atoms with Crippen molar-refractivity contribution in [3.05, 3.63) is 136 Å². The normalized spacial score (nSPS) is 26.8. The Morgan fingerprint density at radius 1 is 0.286 bits per heavy atom. The Labute approximate surface area is 442 Å². The molecule has 7 nitrogen and oxygen atoms in total. The van der Waals surface area contributed by atoms with Crippen molar-refractivity contribution in [1.82, 2.24) is 13.4 Å². The Morgan fingerprint density at radius 3 is 0.909 bits per heavy atom. The van der Waals surface area contributed by atoms with Crippen molar-refractivity contribution in [3.63, 3.8) is 0 Å². The van der Waals surface area contributed by atoms with Crippen LogP contribution in [-0.2, 0) is 0 Å². The minimum atomic E-state index is 0.0723. The molecule has 12 aromatic rings. The monoisotopic (exact) mass is 1000 g/mol. The second-order valence-corrected chi connectivity index (χ2v) is 25.9. The molecule has 7 heteroatoms. The fraction of sp³-hybridized carbons (Fsp3) is 0.343. The first-order chi connectivity index (χ1) is 37.8. The zero-order chi connectivity index (χ0) is 50.2. The van der Waals surface area contributed by atoms with Crippen LogP contribution in [0.15, 0.2) is 91.0 Å². The van der Waals surface area contributed by atoms with Crippen molar-refractivity contribution in [3.8, 4) is 5.69 Å². The molecule has 0 radical (unpaired) electrons. The van der Waals surface area contributed by atoms with Crippen molar-refractivity contribution >= 4 is 121 Å². The molecule has 24 rings (SSSR count). The molecule has 374 valence electrons. The van der Waals surface area contributed by atoms with Gasteiger partial charge < -0.3 is 13.4 Å². The van der Waals surface area contributed by atoms with E-state index in [0.717, 1.165) is 175 Å². The van der Waals surface area contributed by atoms with Crippen LogP contribution in [-0.4, -0.2) is 36.5 Å². The van der Waals surface area contributed by atoms with Crippen LogP contribution in [0.1, 0.15) is 190 Å². The van der Waals surface area contributed by atoms with Crippen molar-refractivity contribution in [2.45, 2.75) is 126 Å². The van der Waals surface area contributed by atoms with E-state index >= 15 is 0 Å². The topological polar surface area (TPSA) is 82.0 Å². The number of nitrogens with zero attached hydrogens (tertiary/aromatic N) is 3. The van der Waals surface area contributed by atoms with E-state index in [1.54, 1.807) is 0 Å². The van der Waals surface area contributed by atoms with E-state index in [0.29, 0.717) is 46.8 Å². The largest absolute Gasteiger partial charge is 0.308 e. The third-order valence-corrected chi connectivity index (χ3v) is 22.7. The minimum absolute atomic E-state index is 0.0723. The van der Waals surface area contributed by atoms with Crippen molar-refractivity contribution < 1.29 is 19.2 Å². The first-order valence-electron chi connectivity index (χ1n) is 29.6. The molecule has 0 unspecified atom stereocenters. The van der Waals surface area contributed by atoms with Gasteiger partial charge in [0.2, 0.25) is 0 Å². The first-order valence-corrected chi connectivity index (χ1v) is 29.6. The minimum Gasteiger partial charge on any atom is -0.308 e. The first kappa shape index (κ1) is 41.7. The highest BCUT2D eigenvalue weighted by Gasteiger charge is 2.42. The molecule has 0 saturated heterocycles. The number of carbonyl (C=O) groups is 4. The highest BCUT2D eigenvalue weighted by Crippen LogP contribution is 2.56. The van der Waals surface area contributed by atoms with Gasteiger partial charge in [0.15, 0.2) is 23.1 Å². The van der Waals surface area contributed by atoms with Gasteiger partial charge >= 0.3 is 0 Å². The molecular weight excluding hydrogens is 947 g/mol. The van der Waals surface area contributed by atoms with Gasteiger partial charge in [-0.3, -0.25) is 19.2 Å². The Balaban J connectivity index is 1.02. The molecule has 7 aromatic carbocycles. The molecule has 5 heterocycles. The Bertz CT molecular complexity index is 4530. The lowest BCUT2D eigenvalue weighted by molar-refractivity contribution is 0.0891. The highest BCUT2D eigenvalue weighted by atomic mass is 16.1. The average molecular weight is 1000 g/mol. The standard InChI is InChI=1S/C70H55N3O4/c74-67-36-14-6-32(7-15-36)41-22-45-47-26-49-50-27-48-46-23-42-33-8-16-37(17-9-33)68(75)52(42)29-58(46)73-60-31-54-44(35-12-20-39(21-13-35)70(54)77)25-56(60)62(66(48)73)64(50)71(40-4-2-1-3-5-40)63(49)61-55-24-43-34-10-18-38(19-11-34)69(76)53(43)30-59(55)72(65(47)61)57(45)28-51(41)67/h1-5,22-39H,6-21H2. The second kappa shape index (κ2) is 14.0. The molecule has 0 N–H and O–H groups in total. The third-order valence-electron chi connectivity index (χ3n) is 22.7. The molecule has 12 aliphatic carbocycles. The van der Waals surface area contributed by atoms with E-state index in [1.807, 2.05) is 0 Å². The predicted molar refractivity (Wildman–Crippen MR) is 306 cm³/mol. The molecule has 4 saturated carbocycles.